The highest BCUT2D eigenvalue weighted by Gasteiger charge is 2.11. The quantitative estimate of drug-likeness (QED) is 0.643. The first-order valence-corrected chi connectivity index (χ1v) is 7.49. The summed E-state index contributed by atoms with van der Waals surface area (Å²) in [5.41, 5.74) is 2.59. The number of hydrogen-bond donors (Lipinski definition) is 3. The Labute approximate surface area is 129 Å². The van der Waals surface area contributed by atoms with Crippen LogP contribution in [0.4, 0.5) is 0 Å². The highest BCUT2D eigenvalue weighted by atomic mass is 32.1. The van der Waals surface area contributed by atoms with E-state index in [0.717, 1.165) is 11.1 Å². The molecule has 1 aromatic carbocycles. The number of carbonyl (C=O) groups excluding carboxylic acids is 2. The SMILES string of the molecule is CC(=O)c1csc(C(=O)NCc2ccc3[nH]c(=O)[nH]c3c2)c1. The molecule has 3 N–H and O–H groups in total. The van der Waals surface area contributed by atoms with Crippen molar-refractivity contribution in [2.45, 2.75) is 13.5 Å². The zero-order valence-electron chi connectivity index (χ0n) is 11.7. The predicted octanol–water partition coefficient (Wildman–Crippen LogP) is 2.05. The number of carbonyl (C=O) groups is 2. The maximum atomic E-state index is 12.0. The summed E-state index contributed by atoms with van der Waals surface area (Å²) in [6, 6.07) is 7.02. The lowest BCUT2D eigenvalue weighted by atomic mass is 10.2. The van der Waals surface area contributed by atoms with Gasteiger partial charge in [-0.3, -0.25) is 9.59 Å². The number of fused-ring (bicyclic) bond motifs is 1. The molecule has 0 unspecified atom stereocenters. The summed E-state index contributed by atoms with van der Waals surface area (Å²) >= 11 is 1.24. The number of aromatic nitrogens is 2. The van der Waals surface area contributed by atoms with Gasteiger partial charge in [-0.2, -0.15) is 0 Å². The number of amides is 1. The fourth-order valence-corrected chi connectivity index (χ4v) is 2.96. The minimum Gasteiger partial charge on any atom is -0.347 e. The molecule has 0 aliphatic rings. The number of aromatic amines is 2. The summed E-state index contributed by atoms with van der Waals surface area (Å²) in [5.74, 6) is -0.280. The number of ketones is 1. The van der Waals surface area contributed by atoms with Gasteiger partial charge in [0.15, 0.2) is 5.78 Å². The van der Waals surface area contributed by atoms with Gasteiger partial charge in [-0.25, -0.2) is 4.79 Å². The van der Waals surface area contributed by atoms with Crippen molar-refractivity contribution in [3.05, 3.63) is 56.1 Å². The zero-order valence-corrected chi connectivity index (χ0v) is 12.5. The van der Waals surface area contributed by atoms with Crippen LogP contribution in [-0.4, -0.2) is 21.7 Å². The van der Waals surface area contributed by atoms with E-state index in [2.05, 4.69) is 15.3 Å². The molecule has 1 amide bonds. The molecule has 0 saturated carbocycles. The molecule has 112 valence electrons. The molecule has 22 heavy (non-hydrogen) atoms. The van der Waals surface area contributed by atoms with Crippen molar-refractivity contribution in [2.75, 3.05) is 0 Å². The van der Waals surface area contributed by atoms with Gasteiger partial charge in [-0.05, 0) is 30.7 Å². The minimum absolute atomic E-state index is 0.0582. The number of Topliss-reactive ketones (excluding diaryl/α,β-unsaturated/α-hetero) is 1. The number of benzene rings is 1. The van der Waals surface area contributed by atoms with Crippen molar-refractivity contribution < 1.29 is 9.59 Å². The van der Waals surface area contributed by atoms with Crippen LogP contribution in [-0.2, 0) is 6.54 Å². The predicted molar refractivity (Wildman–Crippen MR) is 84.4 cm³/mol. The molecule has 0 spiro atoms. The van der Waals surface area contributed by atoms with Crippen LogP contribution in [0.5, 0.6) is 0 Å². The number of thiophene rings is 1. The monoisotopic (exact) mass is 315 g/mol. The molecule has 0 fully saturated rings. The Morgan fingerprint density at radius 2 is 1.95 bits per heavy atom. The largest absolute Gasteiger partial charge is 0.347 e. The number of nitrogens with one attached hydrogen (secondary N) is 3. The standard InChI is InChI=1S/C15H13N3O3S/c1-8(19)10-5-13(22-7-10)14(20)16-6-9-2-3-11-12(4-9)18-15(21)17-11/h2-5,7H,6H2,1H3,(H,16,20)(H2,17,18,21). The van der Waals surface area contributed by atoms with Gasteiger partial charge in [-0.15, -0.1) is 11.3 Å². The van der Waals surface area contributed by atoms with Crippen molar-refractivity contribution in [2.24, 2.45) is 0 Å². The highest BCUT2D eigenvalue weighted by Crippen LogP contribution is 2.15. The van der Waals surface area contributed by atoms with E-state index in [-0.39, 0.29) is 17.4 Å². The average Bonchev–Trinajstić information content (AvgIpc) is 3.09. The molecule has 7 heteroatoms. The molecule has 3 rings (SSSR count). The van der Waals surface area contributed by atoms with E-state index >= 15 is 0 Å². The maximum Gasteiger partial charge on any atom is 0.323 e. The molecular formula is C15H13N3O3S. The lowest BCUT2D eigenvalue weighted by Gasteiger charge is -2.04. The molecular weight excluding hydrogens is 302 g/mol. The second-order valence-electron chi connectivity index (χ2n) is 4.90. The van der Waals surface area contributed by atoms with E-state index < -0.39 is 0 Å². The van der Waals surface area contributed by atoms with Crippen molar-refractivity contribution in [1.82, 2.24) is 15.3 Å². The Bertz CT molecular complexity index is 919. The minimum atomic E-state index is -0.258. The molecule has 3 aromatic rings. The first kappa shape index (κ1) is 14.3. The lowest BCUT2D eigenvalue weighted by Crippen LogP contribution is -2.21. The van der Waals surface area contributed by atoms with Gasteiger partial charge in [0.25, 0.3) is 5.91 Å². The van der Waals surface area contributed by atoms with E-state index in [1.165, 1.54) is 18.3 Å². The van der Waals surface area contributed by atoms with E-state index in [1.54, 1.807) is 17.5 Å². The molecule has 0 radical (unpaired) electrons. The van der Waals surface area contributed by atoms with Crippen LogP contribution in [0.2, 0.25) is 0 Å². The van der Waals surface area contributed by atoms with Crippen LogP contribution in [0.15, 0.2) is 34.4 Å². The zero-order chi connectivity index (χ0) is 15.7. The van der Waals surface area contributed by atoms with E-state index in [4.69, 9.17) is 0 Å². The first-order valence-electron chi connectivity index (χ1n) is 6.61. The second kappa shape index (κ2) is 5.61. The fourth-order valence-electron chi connectivity index (χ4n) is 2.10. The molecule has 2 heterocycles. The topological polar surface area (TPSA) is 94.8 Å². The normalized spacial score (nSPS) is 10.8. The Morgan fingerprint density at radius 3 is 2.68 bits per heavy atom. The molecule has 0 aliphatic carbocycles. The third-order valence-electron chi connectivity index (χ3n) is 3.26. The van der Waals surface area contributed by atoms with Gasteiger partial charge in [-0.1, -0.05) is 6.07 Å². The van der Waals surface area contributed by atoms with Crippen molar-refractivity contribution in [3.63, 3.8) is 0 Å². The smallest absolute Gasteiger partial charge is 0.323 e. The summed E-state index contributed by atoms with van der Waals surface area (Å²) in [6.07, 6.45) is 0. The van der Waals surface area contributed by atoms with Gasteiger partial charge in [0.1, 0.15) is 0 Å². The van der Waals surface area contributed by atoms with Gasteiger partial charge >= 0.3 is 5.69 Å². The molecule has 0 saturated heterocycles. The number of H-pyrrole nitrogens is 2. The third kappa shape index (κ3) is 2.84. The van der Waals surface area contributed by atoms with Crippen LogP contribution in [0.1, 0.15) is 32.5 Å². The van der Waals surface area contributed by atoms with Crippen LogP contribution >= 0.6 is 11.3 Å². The van der Waals surface area contributed by atoms with Crippen LogP contribution in [0, 0.1) is 0 Å². The van der Waals surface area contributed by atoms with Crippen LogP contribution in [0.25, 0.3) is 11.0 Å². The summed E-state index contributed by atoms with van der Waals surface area (Å²) in [4.78, 5) is 40.3. The van der Waals surface area contributed by atoms with Crippen LogP contribution in [0.3, 0.4) is 0 Å². The Kier molecular flexibility index (Phi) is 3.64. The van der Waals surface area contributed by atoms with Crippen molar-refractivity contribution in [3.8, 4) is 0 Å². The molecule has 0 bridgehead atoms. The number of rotatable bonds is 4. The van der Waals surface area contributed by atoms with Gasteiger partial charge in [0, 0.05) is 17.5 Å². The van der Waals surface area contributed by atoms with Crippen molar-refractivity contribution >= 4 is 34.1 Å². The fraction of sp³-hybridized carbons (Fsp3) is 0.133. The molecule has 0 atom stereocenters. The van der Waals surface area contributed by atoms with Crippen molar-refractivity contribution in [1.29, 1.82) is 0 Å². The van der Waals surface area contributed by atoms with E-state index in [9.17, 15) is 14.4 Å². The maximum absolute atomic E-state index is 12.0. The Morgan fingerprint density at radius 1 is 1.18 bits per heavy atom. The summed E-state index contributed by atoms with van der Waals surface area (Å²) in [7, 11) is 0. The second-order valence-corrected chi connectivity index (χ2v) is 5.81. The number of imidazole rings is 1. The Balaban J connectivity index is 1.70. The molecule has 6 nitrogen and oxygen atoms in total. The van der Waals surface area contributed by atoms with E-state index in [0.29, 0.717) is 22.5 Å². The van der Waals surface area contributed by atoms with Gasteiger partial charge < -0.3 is 15.3 Å². The number of hydrogen-bond acceptors (Lipinski definition) is 4. The third-order valence-corrected chi connectivity index (χ3v) is 4.19. The van der Waals surface area contributed by atoms with Gasteiger partial charge in [0.05, 0.1) is 15.9 Å². The molecule has 0 aliphatic heterocycles. The van der Waals surface area contributed by atoms with Crippen LogP contribution < -0.4 is 11.0 Å². The van der Waals surface area contributed by atoms with Gasteiger partial charge in [0.2, 0.25) is 0 Å². The highest BCUT2D eigenvalue weighted by molar-refractivity contribution is 7.12. The lowest BCUT2D eigenvalue weighted by molar-refractivity contribution is 0.0955. The summed E-state index contributed by atoms with van der Waals surface area (Å²) < 4.78 is 0. The average molecular weight is 315 g/mol. The van der Waals surface area contributed by atoms with E-state index in [1.807, 2.05) is 12.1 Å². The Hall–Kier alpha value is -2.67. The first-order chi connectivity index (χ1) is 10.5. The summed E-state index contributed by atoms with van der Waals surface area (Å²) in [6.45, 7) is 1.81. The summed E-state index contributed by atoms with van der Waals surface area (Å²) in [5, 5.41) is 4.47. The molecule has 2 aromatic heterocycles.